The lowest BCUT2D eigenvalue weighted by atomic mass is 10.1. The Bertz CT molecular complexity index is 477. The van der Waals surface area contributed by atoms with Gasteiger partial charge < -0.3 is 4.90 Å². The van der Waals surface area contributed by atoms with Gasteiger partial charge in [0.15, 0.2) is 0 Å². The molecule has 0 N–H and O–H groups in total. The van der Waals surface area contributed by atoms with Crippen molar-refractivity contribution in [1.29, 1.82) is 0 Å². The van der Waals surface area contributed by atoms with E-state index in [1.807, 2.05) is 13.0 Å². The molecule has 0 aliphatic carbocycles. The molecule has 1 unspecified atom stereocenters. The van der Waals surface area contributed by atoms with E-state index < -0.39 is 0 Å². The Morgan fingerprint density at radius 3 is 2.84 bits per heavy atom. The van der Waals surface area contributed by atoms with Gasteiger partial charge in [-0.1, -0.05) is 0 Å². The van der Waals surface area contributed by atoms with Crippen molar-refractivity contribution in [3.05, 3.63) is 28.0 Å². The van der Waals surface area contributed by atoms with Gasteiger partial charge in [0.05, 0.1) is 4.47 Å². The summed E-state index contributed by atoms with van der Waals surface area (Å²) in [6, 6.07) is 4.26. The number of hydrogen-bond acceptors (Lipinski definition) is 2. The maximum atomic E-state index is 13.5. The van der Waals surface area contributed by atoms with Crippen molar-refractivity contribution in [2.24, 2.45) is 0 Å². The number of anilines is 1. The van der Waals surface area contributed by atoms with Crippen LogP contribution in [0, 0.1) is 12.7 Å². The first kappa shape index (κ1) is 13.4. The van der Waals surface area contributed by atoms with Gasteiger partial charge in [-0.05, 0) is 66.4 Å². The van der Waals surface area contributed by atoms with Crippen molar-refractivity contribution in [1.82, 2.24) is 4.90 Å². The van der Waals surface area contributed by atoms with Gasteiger partial charge in [-0.15, -0.1) is 0 Å². The van der Waals surface area contributed by atoms with Gasteiger partial charge in [0.2, 0.25) is 0 Å². The Morgan fingerprint density at radius 1 is 1.21 bits per heavy atom. The highest BCUT2D eigenvalue weighted by Gasteiger charge is 2.29. The molecule has 1 aromatic carbocycles. The highest BCUT2D eigenvalue weighted by Crippen LogP contribution is 2.30. The third kappa shape index (κ3) is 2.65. The van der Waals surface area contributed by atoms with Crippen LogP contribution < -0.4 is 4.90 Å². The third-order valence-electron chi connectivity index (χ3n) is 4.38. The van der Waals surface area contributed by atoms with Crippen LogP contribution in [0.25, 0.3) is 0 Å². The molecule has 0 aromatic heterocycles. The lowest BCUT2D eigenvalue weighted by Gasteiger charge is -2.28. The molecule has 1 aromatic rings. The molecule has 104 valence electrons. The molecule has 0 amide bonds. The van der Waals surface area contributed by atoms with Crippen molar-refractivity contribution in [2.75, 3.05) is 31.1 Å². The number of benzene rings is 1. The lowest BCUT2D eigenvalue weighted by Crippen LogP contribution is -2.36. The molecule has 3 rings (SSSR count). The van der Waals surface area contributed by atoms with E-state index in [2.05, 4.69) is 25.7 Å². The first-order valence-electron chi connectivity index (χ1n) is 7.10. The molecule has 2 heterocycles. The second-order valence-corrected chi connectivity index (χ2v) is 6.54. The fraction of sp³-hybridized carbons (Fsp3) is 0.600. The average molecular weight is 327 g/mol. The van der Waals surface area contributed by atoms with Gasteiger partial charge in [-0.2, -0.15) is 0 Å². The molecule has 2 nitrogen and oxygen atoms in total. The number of nitrogens with zero attached hydrogens (tertiary/aromatic N) is 2. The Balaban J connectivity index is 1.86. The van der Waals surface area contributed by atoms with Crippen molar-refractivity contribution < 1.29 is 4.39 Å². The minimum atomic E-state index is -0.168. The minimum Gasteiger partial charge on any atom is -0.370 e. The number of halogens is 2. The summed E-state index contributed by atoms with van der Waals surface area (Å²) in [4.78, 5) is 5.06. The van der Waals surface area contributed by atoms with E-state index in [0.717, 1.165) is 18.7 Å². The molecule has 2 saturated heterocycles. The second-order valence-electron chi connectivity index (χ2n) is 5.68. The number of fused-ring (bicyclic) bond motifs is 1. The fourth-order valence-corrected chi connectivity index (χ4v) is 3.73. The van der Waals surface area contributed by atoms with E-state index in [1.54, 1.807) is 6.07 Å². The molecule has 0 spiro atoms. The van der Waals surface area contributed by atoms with Crippen molar-refractivity contribution in [2.45, 2.75) is 32.2 Å². The quantitative estimate of drug-likeness (QED) is 0.778. The fourth-order valence-electron chi connectivity index (χ4n) is 3.40. The smallest absolute Gasteiger partial charge is 0.137 e. The number of aryl methyl sites for hydroxylation is 1. The summed E-state index contributed by atoms with van der Waals surface area (Å²) in [5.74, 6) is -0.168. The van der Waals surface area contributed by atoms with Gasteiger partial charge in [0.25, 0.3) is 0 Å². The summed E-state index contributed by atoms with van der Waals surface area (Å²) in [5.41, 5.74) is 2.22. The lowest BCUT2D eigenvalue weighted by molar-refractivity contribution is 0.273. The molecule has 4 heteroatoms. The van der Waals surface area contributed by atoms with Crippen LogP contribution in [0.1, 0.15) is 24.8 Å². The Kier molecular flexibility index (Phi) is 3.81. The molecule has 19 heavy (non-hydrogen) atoms. The maximum absolute atomic E-state index is 13.5. The summed E-state index contributed by atoms with van der Waals surface area (Å²) in [6.45, 7) is 6.63. The molecule has 2 aliphatic heterocycles. The monoisotopic (exact) mass is 326 g/mol. The predicted molar refractivity (Wildman–Crippen MR) is 80.3 cm³/mol. The van der Waals surface area contributed by atoms with Crippen molar-refractivity contribution in [3.63, 3.8) is 0 Å². The summed E-state index contributed by atoms with van der Waals surface area (Å²) < 4.78 is 14.1. The molecule has 0 radical (unpaired) electrons. The van der Waals surface area contributed by atoms with Crippen molar-refractivity contribution in [3.8, 4) is 0 Å². The Labute approximate surface area is 122 Å². The van der Waals surface area contributed by atoms with E-state index in [4.69, 9.17) is 0 Å². The molecular weight excluding hydrogens is 307 g/mol. The van der Waals surface area contributed by atoms with E-state index >= 15 is 0 Å². The SMILES string of the molecule is Cc1cc(F)c(Br)cc1N1CCCN2CCCC2C1. The zero-order valence-electron chi connectivity index (χ0n) is 11.3. The second kappa shape index (κ2) is 5.41. The van der Waals surface area contributed by atoms with Crippen LogP contribution in [0.2, 0.25) is 0 Å². The van der Waals surface area contributed by atoms with E-state index in [-0.39, 0.29) is 5.82 Å². The maximum Gasteiger partial charge on any atom is 0.137 e. The Morgan fingerprint density at radius 2 is 2.00 bits per heavy atom. The van der Waals surface area contributed by atoms with E-state index in [0.29, 0.717) is 10.5 Å². The number of hydrogen-bond donors (Lipinski definition) is 0. The predicted octanol–water partition coefficient (Wildman–Crippen LogP) is 3.57. The molecular formula is C15H20BrFN2. The highest BCUT2D eigenvalue weighted by atomic mass is 79.9. The zero-order chi connectivity index (χ0) is 13.4. The summed E-state index contributed by atoms with van der Waals surface area (Å²) in [5, 5.41) is 0. The third-order valence-corrected chi connectivity index (χ3v) is 4.99. The Hall–Kier alpha value is -0.610. The number of rotatable bonds is 1. The van der Waals surface area contributed by atoms with Crippen LogP contribution in [-0.2, 0) is 0 Å². The van der Waals surface area contributed by atoms with Crippen LogP contribution in [0.3, 0.4) is 0 Å². The summed E-state index contributed by atoms with van der Waals surface area (Å²) in [6.07, 6.45) is 3.83. The standard InChI is InChI=1S/C15H20BrFN2/c1-11-8-14(17)13(16)9-15(11)19-7-3-6-18-5-2-4-12(18)10-19/h8-9,12H,2-7,10H2,1H3. The van der Waals surface area contributed by atoms with E-state index in [9.17, 15) is 4.39 Å². The van der Waals surface area contributed by atoms with Crippen LogP contribution >= 0.6 is 15.9 Å². The van der Waals surface area contributed by atoms with Gasteiger partial charge in [0, 0.05) is 31.4 Å². The normalized spacial score (nSPS) is 24.4. The zero-order valence-corrected chi connectivity index (χ0v) is 12.9. The summed E-state index contributed by atoms with van der Waals surface area (Å²) >= 11 is 3.31. The average Bonchev–Trinajstić information content (AvgIpc) is 2.71. The highest BCUT2D eigenvalue weighted by molar-refractivity contribution is 9.10. The molecule has 2 fully saturated rings. The minimum absolute atomic E-state index is 0.168. The first-order valence-corrected chi connectivity index (χ1v) is 7.89. The van der Waals surface area contributed by atoms with Gasteiger partial charge in [-0.3, -0.25) is 4.90 Å². The van der Waals surface area contributed by atoms with Crippen LogP contribution in [0.4, 0.5) is 10.1 Å². The summed E-state index contributed by atoms with van der Waals surface area (Å²) in [7, 11) is 0. The van der Waals surface area contributed by atoms with Gasteiger partial charge in [0.1, 0.15) is 5.82 Å². The first-order chi connectivity index (χ1) is 9.15. The molecule has 2 aliphatic rings. The molecule has 1 atom stereocenters. The van der Waals surface area contributed by atoms with Crippen LogP contribution in [0.5, 0.6) is 0 Å². The molecule has 0 bridgehead atoms. The molecule has 0 saturated carbocycles. The van der Waals surface area contributed by atoms with E-state index in [1.165, 1.54) is 38.0 Å². The topological polar surface area (TPSA) is 6.48 Å². The van der Waals surface area contributed by atoms with Gasteiger partial charge in [-0.25, -0.2) is 4.39 Å². The van der Waals surface area contributed by atoms with Crippen LogP contribution in [0.15, 0.2) is 16.6 Å². The van der Waals surface area contributed by atoms with Crippen LogP contribution in [-0.4, -0.2) is 37.1 Å². The largest absolute Gasteiger partial charge is 0.370 e. The van der Waals surface area contributed by atoms with Crippen molar-refractivity contribution >= 4 is 21.6 Å². The van der Waals surface area contributed by atoms with Gasteiger partial charge >= 0.3 is 0 Å².